The fourth-order valence-electron chi connectivity index (χ4n) is 9.17. The van der Waals surface area contributed by atoms with E-state index in [1.54, 1.807) is 0 Å². The fraction of sp³-hybridized carbons (Fsp3) is 0.879. The van der Waals surface area contributed by atoms with E-state index in [0.717, 1.165) is 51.4 Å². The topological polar surface area (TPSA) is 149 Å². The Balaban J connectivity index is 2.19. The smallest absolute Gasteiger partial charge is 0.220 e. The molecule has 0 radical (unpaired) electrons. The average molecular weight is 949 g/mol. The fourth-order valence-corrected chi connectivity index (χ4v) is 9.17. The number of aliphatic hydroxyl groups is 5. The molecule has 6 N–H and O–H groups in total. The number of aliphatic hydroxyl groups excluding tert-OH is 5. The van der Waals surface area contributed by atoms with Gasteiger partial charge in [-0.05, 0) is 51.4 Å². The highest BCUT2D eigenvalue weighted by atomic mass is 16.7. The van der Waals surface area contributed by atoms with Crippen molar-refractivity contribution >= 4 is 5.91 Å². The van der Waals surface area contributed by atoms with Crippen molar-refractivity contribution in [3.63, 3.8) is 0 Å². The number of carbonyl (C=O) groups excluding carboxylic acids is 1. The molecule has 0 spiro atoms. The Morgan fingerprint density at radius 2 is 0.881 bits per heavy atom. The molecule has 9 nitrogen and oxygen atoms in total. The lowest BCUT2D eigenvalue weighted by Gasteiger charge is -2.40. The molecule has 0 aromatic carbocycles. The molecule has 1 aliphatic rings. The van der Waals surface area contributed by atoms with Gasteiger partial charge in [0.15, 0.2) is 6.29 Å². The van der Waals surface area contributed by atoms with Crippen LogP contribution in [-0.2, 0) is 14.3 Å². The lowest BCUT2D eigenvalue weighted by atomic mass is 9.99. The number of unbranched alkanes of at least 4 members (excludes halogenated alkanes) is 33. The molecular formula is C58H109NO8. The Kier molecular flexibility index (Phi) is 45.5. The van der Waals surface area contributed by atoms with Crippen LogP contribution in [0.15, 0.2) is 36.5 Å². The summed E-state index contributed by atoms with van der Waals surface area (Å²) in [4.78, 5) is 13.1. The Hall–Kier alpha value is -1.59. The first kappa shape index (κ1) is 63.4. The van der Waals surface area contributed by atoms with Crippen LogP contribution >= 0.6 is 0 Å². The second-order valence-corrected chi connectivity index (χ2v) is 20.1. The monoisotopic (exact) mass is 948 g/mol. The van der Waals surface area contributed by atoms with Crippen LogP contribution in [0.3, 0.4) is 0 Å². The molecule has 1 rings (SSSR count). The number of hydrogen-bond acceptors (Lipinski definition) is 8. The molecule has 0 bridgehead atoms. The molecule has 1 fully saturated rings. The van der Waals surface area contributed by atoms with Gasteiger partial charge in [-0.2, -0.15) is 0 Å². The second-order valence-electron chi connectivity index (χ2n) is 20.1. The van der Waals surface area contributed by atoms with Gasteiger partial charge in [-0.3, -0.25) is 4.79 Å². The minimum Gasteiger partial charge on any atom is -0.394 e. The third kappa shape index (κ3) is 37.9. The van der Waals surface area contributed by atoms with E-state index in [1.165, 1.54) is 193 Å². The SMILES string of the molecule is CCCCCCC/C=C\C/C=C\C/C=C\CCCCCCCCCCCCCCC(=O)NC(COC1OC(CO)C(O)C(O)C1O)C(O)CCCCCCCCCCCCCCCCCCC. The first-order chi connectivity index (χ1) is 32.8. The summed E-state index contributed by atoms with van der Waals surface area (Å²) >= 11 is 0. The molecule has 394 valence electrons. The third-order valence-corrected chi connectivity index (χ3v) is 13.7. The molecule has 1 aliphatic heterocycles. The predicted molar refractivity (Wildman–Crippen MR) is 281 cm³/mol. The van der Waals surface area contributed by atoms with Crippen LogP contribution in [0, 0.1) is 0 Å². The van der Waals surface area contributed by atoms with E-state index in [2.05, 4.69) is 55.6 Å². The normalized spacial score (nSPS) is 19.9. The minimum atomic E-state index is -1.55. The van der Waals surface area contributed by atoms with Gasteiger partial charge < -0.3 is 40.3 Å². The maximum Gasteiger partial charge on any atom is 0.220 e. The second kappa shape index (κ2) is 48.1. The van der Waals surface area contributed by atoms with E-state index in [9.17, 15) is 30.3 Å². The van der Waals surface area contributed by atoms with Crippen molar-refractivity contribution < 1.29 is 39.8 Å². The predicted octanol–water partition coefficient (Wildman–Crippen LogP) is 14.0. The van der Waals surface area contributed by atoms with Crippen molar-refractivity contribution in [1.82, 2.24) is 5.32 Å². The lowest BCUT2D eigenvalue weighted by Crippen LogP contribution is -2.60. The average Bonchev–Trinajstić information content (AvgIpc) is 3.33. The van der Waals surface area contributed by atoms with Gasteiger partial charge >= 0.3 is 0 Å². The third-order valence-electron chi connectivity index (χ3n) is 13.7. The largest absolute Gasteiger partial charge is 0.394 e. The molecular weight excluding hydrogens is 839 g/mol. The molecule has 7 unspecified atom stereocenters. The van der Waals surface area contributed by atoms with Crippen molar-refractivity contribution in [2.24, 2.45) is 0 Å². The summed E-state index contributed by atoms with van der Waals surface area (Å²) in [6.07, 6.45) is 54.5. The van der Waals surface area contributed by atoms with Crippen molar-refractivity contribution in [2.45, 2.75) is 314 Å². The maximum atomic E-state index is 13.1. The van der Waals surface area contributed by atoms with Crippen molar-refractivity contribution in [2.75, 3.05) is 13.2 Å². The van der Waals surface area contributed by atoms with Crippen LogP contribution in [0.1, 0.15) is 271 Å². The van der Waals surface area contributed by atoms with E-state index in [-0.39, 0.29) is 12.5 Å². The standard InChI is InChI=1S/C58H109NO8/c1-3-5-7-9-11-13-15-17-19-21-22-23-24-25-26-27-28-29-30-32-34-36-38-40-42-44-46-48-54(62)59-51(50-66-58-57(65)56(64)55(63)53(49-60)67-58)52(61)47-45-43-41-39-37-35-33-31-20-18-16-14-12-10-8-6-4-2/h15,17,21-22,24-25,51-53,55-58,60-61,63-65H,3-14,16,18-20,23,26-50H2,1-2H3,(H,59,62)/b17-15-,22-21-,25-24-. The summed E-state index contributed by atoms with van der Waals surface area (Å²) in [6.45, 7) is 3.85. The lowest BCUT2D eigenvalue weighted by molar-refractivity contribution is -0.302. The Morgan fingerprint density at radius 3 is 1.30 bits per heavy atom. The van der Waals surface area contributed by atoms with Gasteiger partial charge in [0.25, 0.3) is 0 Å². The highest BCUT2D eigenvalue weighted by Gasteiger charge is 2.44. The highest BCUT2D eigenvalue weighted by molar-refractivity contribution is 5.76. The Bertz CT molecular complexity index is 1150. The van der Waals surface area contributed by atoms with Gasteiger partial charge in [-0.25, -0.2) is 0 Å². The zero-order chi connectivity index (χ0) is 48.7. The molecule has 0 aromatic heterocycles. The zero-order valence-electron chi connectivity index (χ0n) is 43.7. The van der Waals surface area contributed by atoms with Crippen molar-refractivity contribution in [1.29, 1.82) is 0 Å². The van der Waals surface area contributed by atoms with Gasteiger partial charge in [0.1, 0.15) is 24.4 Å². The van der Waals surface area contributed by atoms with Crippen LogP contribution in [0.5, 0.6) is 0 Å². The molecule has 1 saturated heterocycles. The molecule has 0 aliphatic carbocycles. The number of hydrogen-bond donors (Lipinski definition) is 6. The van der Waals surface area contributed by atoms with Crippen molar-refractivity contribution in [3.8, 4) is 0 Å². The number of rotatable bonds is 49. The summed E-state index contributed by atoms with van der Waals surface area (Å²) in [5.74, 6) is -0.144. The maximum absolute atomic E-state index is 13.1. The summed E-state index contributed by atoms with van der Waals surface area (Å²) < 4.78 is 11.3. The van der Waals surface area contributed by atoms with E-state index in [0.29, 0.717) is 12.8 Å². The number of carbonyl (C=O) groups is 1. The number of amides is 1. The van der Waals surface area contributed by atoms with E-state index in [1.807, 2.05) is 0 Å². The molecule has 7 atom stereocenters. The number of nitrogens with one attached hydrogen (secondary N) is 1. The molecule has 67 heavy (non-hydrogen) atoms. The minimum absolute atomic E-state index is 0.137. The van der Waals surface area contributed by atoms with Gasteiger partial charge in [-0.1, -0.05) is 249 Å². The van der Waals surface area contributed by atoms with Gasteiger partial charge in [0, 0.05) is 6.42 Å². The van der Waals surface area contributed by atoms with Crippen LogP contribution in [0.4, 0.5) is 0 Å². The highest BCUT2D eigenvalue weighted by Crippen LogP contribution is 2.23. The van der Waals surface area contributed by atoms with Crippen LogP contribution < -0.4 is 5.32 Å². The molecule has 0 saturated carbocycles. The van der Waals surface area contributed by atoms with E-state index in [4.69, 9.17) is 9.47 Å². The first-order valence-electron chi connectivity index (χ1n) is 28.7. The van der Waals surface area contributed by atoms with Crippen LogP contribution in [-0.4, -0.2) is 87.5 Å². The summed E-state index contributed by atoms with van der Waals surface area (Å²) in [5, 5.41) is 54.6. The Morgan fingerprint density at radius 1 is 0.507 bits per heavy atom. The summed E-state index contributed by atoms with van der Waals surface area (Å²) in [5.41, 5.74) is 0. The summed E-state index contributed by atoms with van der Waals surface area (Å²) in [6, 6.07) is -0.720. The Labute approximate surface area is 412 Å². The number of allylic oxidation sites excluding steroid dienone is 6. The van der Waals surface area contributed by atoms with Gasteiger partial charge in [-0.15, -0.1) is 0 Å². The van der Waals surface area contributed by atoms with Crippen LogP contribution in [0.2, 0.25) is 0 Å². The number of ether oxygens (including phenoxy) is 2. The van der Waals surface area contributed by atoms with Gasteiger partial charge in [0.05, 0.1) is 25.4 Å². The first-order valence-corrected chi connectivity index (χ1v) is 28.7. The molecule has 0 aromatic rings. The van der Waals surface area contributed by atoms with Crippen molar-refractivity contribution in [3.05, 3.63) is 36.5 Å². The van der Waals surface area contributed by atoms with Crippen LogP contribution in [0.25, 0.3) is 0 Å². The zero-order valence-corrected chi connectivity index (χ0v) is 43.7. The van der Waals surface area contributed by atoms with E-state index < -0.39 is 49.5 Å². The summed E-state index contributed by atoms with van der Waals surface area (Å²) in [7, 11) is 0. The molecule has 1 heterocycles. The molecule has 1 amide bonds. The van der Waals surface area contributed by atoms with E-state index >= 15 is 0 Å². The quantitative estimate of drug-likeness (QED) is 0.0261. The van der Waals surface area contributed by atoms with Gasteiger partial charge in [0.2, 0.25) is 5.91 Å². The molecule has 9 heteroatoms.